The molecule has 0 radical (unpaired) electrons. The number of halogens is 6. The molecule has 0 heterocycles. The third-order valence-corrected chi connectivity index (χ3v) is 3.73. The number of carbonyl (C=O) groups is 2. The molecule has 0 aliphatic rings. The van der Waals surface area contributed by atoms with E-state index in [0.29, 0.717) is 0 Å². The van der Waals surface area contributed by atoms with Gasteiger partial charge < -0.3 is 10.6 Å². The van der Waals surface area contributed by atoms with Gasteiger partial charge in [0.1, 0.15) is 12.4 Å². The smallest absolute Gasteiger partial charge is 0.343 e. The van der Waals surface area contributed by atoms with Crippen LogP contribution < -0.4 is 10.6 Å². The van der Waals surface area contributed by atoms with E-state index in [4.69, 9.17) is 23.2 Å². The lowest BCUT2D eigenvalue weighted by Gasteiger charge is -2.13. The van der Waals surface area contributed by atoms with Crippen LogP contribution in [0.3, 0.4) is 0 Å². The first-order valence-corrected chi connectivity index (χ1v) is 7.74. The predicted octanol–water partition coefficient (Wildman–Crippen LogP) is 4.68. The van der Waals surface area contributed by atoms with Gasteiger partial charge in [-0.2, -0.15) is 13.2 Å². The van der Waals surface area contributed by atoms with Gasteiger partial charge in [0.25, 0.3) is 11.8 Å². The number of carbonyl (C=O) groups excluding carboxylic acids is 2. The topological polar surface area (TPSA) is 58.2 Å². The number of benzene rings is 2. The summed E-state index contributed by atoms with van der Waals surface area (Å²) in [5.74, 6) is -2.77. The van der Waals surface area contributed by atoms with Gasteiger partial charge in [-0.3, -0.25) is 9.59 Å². The molecule has 0 saturated heterocycles. The first kappa shape index (κ1) is 20.0. The molecular formula is C16H10Cl2F4N2O2. The van der Waals surface area contributed by atoms with Crippen molar-refractivity contribution in [1.82, 2.24) is 5.32 Å². The normalized spacial score (nSPS) is 11.2. The third-order valence-electron chi connectivity index (χ3n) is 3.12. The van der Waals surface area contributed by atoms with Crippen molar-refractivity contribution in [3.05, 3.63) is 63.4 Å². The number of nitrogens with one attached hydrogen (secondary N) is 2. The number of anilines is 1. The lowest BCUT2D eigenvalue weighted by atomic mass is 10.1. The summed E-state index contributed by atoms with van der Waals surface area (Å²) in [5.41, 5.74) is -0.515. The first-order chi connectivity index (χ1) is 12.1. The Morgan fingerprint density at radius 3 is 2.27 bits per heavy atom. The van der Waals surface area contributed by atoms with Crippen LogP contribution in [0.25, 0.3) is 0 Å². The van der Waals surface area contributed by atoms with Gasteiger partial charge >= 0.3 is 6.18 Å². The minimum absolute atomic E-state index is 0.0661. The summed E-state index contributed by atoms with van der Waals surface area (Å²) in [5, 5.41) is 3.61. The molecule has 26 heavy (non-hydrogen) atoms. The summed E-state index contributed by atoms with van der Waals surface area (Å²) < 4.78 is 50.2. The van der Waals surface area contributed by atoms with Gasteiger partial charge in [-0.1, -0.05) is 35.3 Å². The molecule has 0 atom stereocenters. The molecule has 2 amide bonds. The highest BCUT2D eigenvalue weighted by atomic mass is 35.5. The minimum atomic E-state index is -4.58. The van der Waals surface area contributed by atoms with E-state index in [2.05, 4.69) is 5.32 Å². The Labute approximate surface area is 155 Å². The first-order valence-electron chi connectivity index (χ1n) is 6.98. The van der Waals surface area contributed by atoms with Crippen LogP contribution in [-0.4, -0.2) is 24.5 Å². The molecule has 0 bridgehead atoms. The zero-order valence-corrected chi connectivity index (χ0v) is 14.3. The minimum Gasteiger partial charge on any atom is -0.343 e. The molecule has 0 fully saturated rings. The average molecular weight is 409 g/mol. The summed E-state index contributed by atoms with van der Waals surface area (Å²) in [6.07, 6.45) is -4.58. The number of hydrogen-bond donors (Lipinski definition) is 2. The molecule has 10 heteroatoms. The van der Waals surface area contributed by atoms with Crippen LogP contribution in [0.1, 0.15) is 20.7 Å². The fourth-order valence-corrected chi connectivity index (χ4v) is 2.42. The molecule has 0 spiro atoms. The molecule has 2 N–H and O–H groups in total. The zero-order chi connectivity index (χ0) is 19.5. The van der Waals surface area contributed by atoms with Gasteiger partial charge in [-0.15, -0.1) is 0 Å². The molecule has 0 aliphatic heterocycles. The Balaban J connectivity index is 2.24. The van der Waals surface area contributed by atoms with Gasteiger partial charge in [-0.25, -0.2) is 4.39 Å². The molecular weight excluding hydrogens is 399 g/mol. The van der Waals surface area contributed by atoms with Crippen molar-refractivity contribution in [2.75, 3.05) is 11.9 Å². The van der Waals surface area contributed by atoms with E-state index in [-0.39, 0.29) is 26.9 Å². The second kappa shape index (κ2) is 7.92. The highest BCUT2D eigenvalue weighted by Crippen LogP contribution is 2.26. The maximum atomic E-state index is 13.5. The summed E-state index contributed by atoms with van der Waals surface area (Å²) in [7, 11) is 0. The van der Waals surface area contributed by atoms with Crippen molar-refractivity contribution in [2.24, 2.45) is 0 Å². The van der Waals surface area contributed by atoms with E-state index < -0.39 is 30.4 Å². The van der Waals surface area contributed by atoms with Gasteiger partial charge in [0.2, 0.25) is 0 Å². The fraction of sp³-hybridized carbons (Fsp3) is 0.125. The van der Waals surface area contributed by atoms with Crippen molar-refractivity contribution in [2.45, 2.75) is 6.18 Å². The standard InChI is InChI=1S/C16H10Cl2F4N2O2/c17-10-6-11(18)12(19)5-9(10)15(26)24-13-4-2-1-3-8(13)14(25)23-7-16(20,21)22/h1-6H,7H2,(H,23,25)(H,24,26). The maximum Gasteiger partial charge on any atom is 0.405 e. The van der Waals surface area contributed by atoms with Crippen molar-refractivity contribution in [1.29, 1.82) is 0 Å². The Morgan fingerprint density at radius 1 is 0.962 bits per heavy atom. The second-order valence-electron chi connectivity index (χ2n) is 5.04. The van der Waals surface area contributed by atoms with Crippen LogP contribution in [0.4, 0.5) is 23.2 Å². The second-order valence-corrected chi connectivity index (χ2v) is 5.86. The number of alkyl halides is 3. The van der Waals surface area contributed by atoms with E-state index in [0.717, 1.165) is 12.1 Å². The van der Waals surface area contributed by atoms with Gasteiger partial charge in [-0.05, 0) is 24.3 Å². The largest absolute Gasteiger partial charge is 0.405 e. The number of amides is 2. The maximum absolute atomic E-state index is 13.5. The van der Waals surface area contributed by atoms with Gasteiger partial charge in [0, 0.05) is 0 Å². The fourth-order valence-electron chi connectivity index (χ4n) is 1.95. The Morgan fingerprint density at radius 2 is 1.62 bits per heavy atom. The van der Waals surface area contributed by atoms with Crippen molar-refractivity contribution in [3.8, 4) is 0 Å². The van der Waals surface area contributed by atoms with E-state index >= 15 is 0 Å². The highest BCUT2D eigenvalue weighted by Gasteiger charge is 2.28. The predicted molar refractivity (Wildman–Crippen MR) is 89.2 cm³/mol. The zero-order valence-electron chi connectivity index (χ0n) is 12.8. The lowest BCUT2D eigenvalue weighted by molar-refractivity contribution is -0.123. The molecule has 0 unspecified atom stereocenters. The summed E-state index contributed by atoms with van der Waals surface area (Å²) in [4.78, 5) is 24.2. The van der Waals surface area contributed by atoms with Gasteiger partial charge in [0.05, 0.1) is 26.9 Å². The average Bonchev–Trinajstić information content (AvgIpc) is 2.55. The highest BCUT2D eigenvalue weighted by molar-refractivity contribution is 6.37. The molecule has 2 aromatic carbocycles. The van der Waals surface area contributed by atoms with Crippen LogP contribution in [0.2, 0.25) is 10.0 Å². The van der Waals surface area contributed by atoms with Gasteiger partial charge in [0.15, 0.2) is 0 Å². The number of hydrogen-bond acceptors (Lipinski definition) is 2. The molecule has 0 aliphatic carbocycles. The van der Waals surface area contributed by atoms with Crippen molar-refractivity contribution >= 4 is 40.7 Å². The molecule has 138 valence electrons. The molecule has 4 nitrogen and oxygen atoms in total. The van der Waals surface area contributed by atoms with Crippen LogP contribution in [0.15, 0.2) is 36.4 Å². The SMILES string of the molecule is O=C(Nc1ccccc1C(=O)NCC(F)(F)F)c1cc(F)c(Cl)cc1Cl. The van der Waals surface area contributed by atoms with Crippen molar-refractivity contribution in [3.63, 3.8) is 0 Å². The van der Waals surface area contributed by atoms with E-state index in [9.17, 15) is 27.2 Å². The molecule has 0 saturated carbocycles. The van der Waals surface area contributed by atoms with Crippen LogP contribution in [-0.2, 0) is 0 Å². The number of para-hydroxylation sites is 1. The van der Waals surface area contributed by atoms with E-state index in [1.165, 1.54) is 24.3 Å². The number of rotatable bonds is 4. The molecule has 0 aromatic heterocycles. The Bertz CT molecular complexity index is 857. The summed E-state index contributed by atoms with van der Waals surface area (Å²) in [6, 6.07) is 7.25. The van der Waals surface area contributed by atoms with Crippen LogP contribution in [0.5, 0.6) is 0 Å². The molecule has 2 rings (SSSR count). The molecule has 2 aromatic rings. The summed E-state index contributed by atoms with van der Waals surface area (Å²) in [6.45, 7) is -1.53. The third kappa shape index (κ3) is 5.09. The Kier molecular flexibility index (Phi) is 6.09. The van der Waals surface area contributed by atoms with Crippen LogP contribution in [0, 0.1) is 5.82 Å². The summed E-state index contributed by atoms with van der Waals surface area (Å²) >= 11 is 11.4. The Hall–Kier alpha value is -2.32. The quantitative estimate of drug-likeness (QED) is 0.570. The lowest BCUT2D eigenvalue weighted by Crippen LogP contribution is -2.34. The van der Waals surface area contributed by atoms with Crippen LogP contribution >= 0.6 is 23.2 Å². The van der Waals surface area contributed by atoms with E-state index in [1.807, 2.05) is 0 Å². The monoisotopic (exact) mass is 408 g/mol. The van der Waals surface area contributed by atoms with Crippen molar-refractivity contribution < 1.29 is 27.2 Å². The van der Waals surface area contributed by atoms with E-state index in [1.54, 1.807) is 5.32 Å².